The fourth-order valence-electron chi connectivity index (χ4n) is 4.84. The molecule has 1 aliphatic carbocycles. The third-order valence-electron chi connectivity index (χ3n) is 6.70. The van der Waals surface area contributed by atoms with Gasteiger partial charge in [0.15, 0.2) is 0 Å². The average molecular weight is 418 g/mol. The number of carbonyl (C=O) groups is 2. The quantitative estimate of drug-likeness (QED) is 0.730. The minimum Gasteiger partial charge on any atom is -0.385 e. The van der Waals surface area contributed by atoms with Crippen molar-refractivity contribution in [2.45, 2.75) is 64.1 Å². The Morgan fingerprint density at radius 3 is 2.93 bits per heavy atom. The number of carbonyl (C=O) groups excluding carboxylic acids is 2. The van der Waals surface area contributed by atoms with Gasteiger partial charge in [0.2, 0.25) is 5.91 Å². The SMILES string of the molecule is COCCCN1C(=O)c2cc3sccc3n2C[C@]1(C)C(=O)N[C@@H]1CCCC[C@@H]1C. The Labute approximate surface area is 176 Å². The number of ether oxygens (including phenoxy) is 1. The molecule has 158 valence electrons. The number of amides is 2. The van der Waals surface area contributed by atoms with Crippen molar-refractivity contribution in [1.29, 1.82) is 0 Å². The monoisotopic (exact) mass is 417 g/mol. The largest absolute Gasteiger partial charge is 0.385 e. The van der Waals surface area contributed by atoms with Crippen molar-refractivity contribution in [2.75, 3.05) is 20.3 Å². The van der Waals surface area contributed by atoms with Crippen LogP contribution in [0.2, 0.25) is 0 Å². The van der Waals surface area contributed by atoms with Gasteiger partial charge in [-0.3, -0.25) is 9.59 Å². The highest BCUT2D eigenvalue weighted by Crippen LogP contribution is 2.35. The summed E-state index contributed by atoms with van der Waals surface area (Å²) < 4.78 is 8.32. The number of nitrogens with zero attached hydrogens (tertiary/aromatic N) is 2. The number of methoxy groups -OCH3 is 1. The van der Waals surface area contributed by atoms with Crippen LogP contribution in [0.15, 0.2) is 17.5 Å². The van der Waals surface area contributed by atoms with Crippen molar-refractivity contribution in [2.24, 2.45) is 5.92 Å². The van der Waals surface area contributed by atoms with Gasteiger partial charge >= 0.3 is 0 Å². The van der Waals surface area contributed by atoms with Crippen molar-refractivity contribution >= 4 is 33.4 Å². The molecule has 3 heterocycles. The molecule has 1 fully saturated rings. The second-order valence-corrected chi connectivity index (χ2v) is 9.65. The second-order valence-electron chi connectivity index (χ2n) is 8.70. The van der Waals surface area contributed by atoms with E-state index in [9.17, 15) is 9.59 Å². The first-order chi connectivity index (χ1) is 14.0. The number of nitrogens with one attached hydrogen (secondary N) is 1. The van der Waals surface area contributed by atoms with Gasteiger partial charge in [0.05, 0.1) is 16.8 Å². The van der Waals surface area contributed by atoms with Crippen LogP contribution in [0.1, 0.15) is 56.4 Å². The normalized spacial score (nSPS) is 27.3. The molecule has 29 heavy (non-hydrogen) atoms. The molecule has 4 rings (SSSR count). The molecule has 2 aromatic rings. The molecule has 1 saturated carbocycles. The predicted octanol–water partition coefficient (Wildman–Crippen LogP) is 3.65. The fraction of sp³-hybridized carbons (Fsp3) is 0.636. The van der Waals surface area contributed by atoms with Crippen molar-refractivity contribution < 1.29 is 14.3 Å². The topological polar surface area (TPSA) is 63.6 Å². The second kappa shape index (κ2) is 8.11. The molecular weight excluding hydrogens is 386 g/mol. The smallest absolute Gasteiger partial charge is 0.271 e. The van der Waals surface area contributed by atoms with E-state index in [2.05, 4.69) is 12.2 Å². The van der Waals surface area contributed by atoms with Gasteiger partial charge in [-0.05, 0) is 49.6 Å². The van der Waals surface area contributed by atoms with E-state index in [4.69, 9.17) is 4.74 Å². The van der Waals surface area contributed by atoms with Gasteiger partial charge in [-0.2, -0.15) is 0 Å². The van der Waals surface area contributed by atoms with Crippen molar-refractivity contribution in [3.8, 4) is 0 Å². The van der Waals surface area contributed by atoms with Crippen LogP contribution < -0.4 is 5.32 Å². The van der Waals surface area contributed by atoms with Gasteiger partial charge in [-0.1, -0.05) is 19.8 Å². The lowest BCUT2D eigenvalue weighted by Gasteiger charge is -2.45. The molecule has 0 aromatic carbocycles. The Morgan fingerprint density at radius 2 is 2.17 bits per heavy atom. The van der Waals surface area contributed by atoms with Crippen LogP contribution in [0.3, 0.4) is 0 Å². The maximum absolute atomic E-state index is 13.6. The minimum atomic E-state index is -0.914. The standard InChI is InChI=1S/C22H31N3O3S/c1-15-7-4-5-8-16(15)23-21(27)22(2)14-24-17-9-12-29-19(17)13-18(24)20(26)25(22)10-6-11-28-3/h9,12-13,15-16H,4-8,10-11,14H2,1-3H3,(H,23,27)/t15-,16+,22+/m0/s1. The molecule has 2 aromatic heterocycles. The van der Waals surface area contributed by atoms with E-state index >= 15 is 0 Å². The highest BCUT2D eigenvalue weighted by molar-refractivity contribution is 7.17. The van der Waals surface area contributed by atoms with Gasteiger partial charge in [-0.15, -0.1) is 11.3 Å². The molecule has 6 nitrogen and oxygen atoms in total. The maximum atomic E-state index is 13.6. The van der Waals surface area contributed by atoms with Gasteiger partial charge in [0, 0.05) is 26.3 Å². The summed E-state index contributed by atoms with van der Waals surface area (Å²) in [5.41, 5.74) is 0.809. The zero-order chi connectivity index (χ0) is 20.6. The Kier molecular flexibility index (Phi) is 5.71. The van der Waals surface area contributed by atoms with Crippen LogP contribution in [0.25, 0.3) is 10.2 Å². The molecule has 7 heteroatoms. The first-order valence-corrected chi connectivity index (χ1v) is 11.5. The summed E-state index contributed by atoms with van der Waals surface area (Å²) in [5, 5.41) is 5.35. The van der Waals surface area contributed by atoms with E-state index in [0.717, 1.165) is 29.5 Å². The summed E-state index contributed by atoms with van der Waals surface area (Å²) in [6, 6.07) is 4.20. The van der Waals surface area contributed by atoms with Gasteiger partial charge < -0.3 is 19.5 Å². The Balaban J connectivity index is 1.66. The zero-order valence-electron chi connectivity index (χ0n) is 17.6. The maximum Gasteiger partial charge on any atom is 0.271 e. The lowest BCUT2D eigenvalue weighted by Crippen LogP contribution is -2.65. The molecular formula is C22H31N3O3S. The highest BCUT2D eigenvalue weighted by atomic mass is 32.1. The van der Waals surface area contributed by atoms with Crippen LogP contribution in [0.4, 0.5) is 0 Å². The highest BCUT2D eigenvalue weighted by Gasteiger charge is 2.48. The number of hydrogen-bond acceptors (Lipinski definition) is 4. The van der Waals surface area contributed by atoms with Crippen LogP contribution in [-0.4, -0.2) is 53.1 Å². The molecule has 0 saturated heterocycles. The Bertz CT molecular complexity index is 904. The minimum absolute atomic E-state index is 0.0373. The lowest BCUT2D eigenvalue weighted by molar-refractivity contribution is -0.134. The lowest BCUT2D eigenvalue weighted by atomic mass is 9.85. The Hall–Kier alpha value is -1.86. The first kappa shape index (κ1) is 20.4. The third kappa shape index (κ3) is 3.59. The summed E-state index contributed by atoms with van der Waals surface area (Å²) in [6.45, 7) is 5.69. The number of aromatic nitrogens is 1. The molecule has 2 aliphatic rings. The van der Waals surface area contributed by atoms with Gasteiger partial charge in [0.1, 0.15) is 11.2 Å². The number of hydrogen-bond donors (Lipinski definition) is 1. The van der Waals surface area contributed by atoms with E-state index in [1.165, 1.54) is 6.42 Å². The molecule has 3 atom stereocenters. The van der Waals surface area contributed by atoms with Crippen molar-refractivity contribution in [3.05, 3.63) is 23.2 Å². The van der Waals surface area contributed by atoms with E-state index in [1.54, 1.807) is 23.3 Å². The summed E-state index contributed by atoms with van der Waals surface area (Å²) >= 11 is 1.63. The predicted molar refractivity (Wildman–Crippen MR) is 115 cm³/mol. The van der Waals surface area contributed by atoms with Gasteiger partial charge in [-0.25, -0.2) is 0 Å². The van der Waals surface area contributed by atoms with Crippen LogP contribution in [0, 0.1) is 5.92 Å². The van der Waals surface area contributed by atoms with Crippen molar-refractivity contribution in [3.63, 3.8) is 0 Å². The summed E-state index contributed by atoms with van der Waals surface area (Å²) in [6.07, 6.45) is 5.26. The van der Waals surface area contributed by atoms with Crippen LogP contribution in [-0.2, 0) is 16.1 Å². The zero-order valence-corrected chi connectivity index (χ0v) is 18.4. The van der Waals surface area contributed by atoms with E-state index in [-0.39, 0.29) is 17.9 Å². The van der Waals surface area contributed by atoms with Gasteiger partial charge in [0.25, 0.3) is 5.91 Å². The van der Waals surface area contributed by atoms with E-state index < -0.39 is 5.54 Å². The molecule has 1 N–H and O–H groups in total. The molecule has 1 aliphatic heterocycles. The molecule has 0 spiro atoms. The molecule has 0 radical (unpaired) electrons. The molecule has 0 unspecified atom stereocenters. The third-order valence-corrected chi connectivity index (χ3v) is 7.55. The van der Waals surface area contributed by atoms with Crippen molar-refractivity contribution in [1.82, 2.24) is 14.8 Å². The molecule has 2 amide bonds. The average Bonchev–Trinajstić information content (AvgIpc) is 3.28. The molecule has 0 bridgehead atoms. The number of rotatable bonds is 6. The van der Waals surface area contributed by atoms with E-state index in [1.807, 2.05) is 29.0 Å². The first-order valence-electron chi connectivity index (χ1n) is 10.6. The summed E-state index contributed by atoms with van der Waals surface area (Å²) in [4.78, 5) is 28.8. The van der Waals surface area contributed by atoms with Crippen LogP contribution >= 0.6 is 11.3 Å². The summed E-state index contributed by atoms with van der Waals surface area (Å²) in [7, 11) is 1.66. The van der Waals surface area contributed by atoms with E-state index in [0.29, 0.717) is 37.7 Å². The van der Waals surface area contributed by atoms with Crippen LogP contribution in [0.5, 0.6) is 0 Å². The summed E-state index contributed by atoms with van der Waals surface area (Å²) in [5.74, 6) is 0.373. The number of thiophene rings is 1. The fourth-order valence-corrected chi connectivity index (χ4v) is 5.67. The number of fused-ring (bicyclic) bond motifs is 3. The Morgan fingerprint density at radius 1 is 1.38 bits per heavy atom.